The first kappa shape index (κ1) is 47.9. The molecule has 78 heavy (non-hydrogen) atoms. The highest BCUT2D eigenvalue weighted by atomic mass is 32.1. The molecule has 15 rings (SSSR count). The lowest BCUT2D eigenvalue weighted by Crippen LogP contribution is -2.17. The molecule has 7 aliphatic rings. The normalized spacial score (nSPS) is 16.5. The van der Waals surface area contributed by atoms with E-state index in [0.29, 0.717) is 144 Å². The summed E-state index contributed by atoms with van der Waals surface area (Å²) in [6.07, 6.45) is 3.19. The van der Waals surface area contributed by atoms with Gasteiger partial charge in [-0.05, 0) is 60.7 Å². The van der Waals surface area contributed by atoms with Crippen molar-refractivity contribution in [1.82, 2.24) is 0 Å². The quantitative estimate of drug-likeness (QED) is 0.108. The molecule has 1 N–H and O–H groups in total. The average Bonchev–Trinajstić information content (AvgIpc) is 4.45. The molecule has 13 heterocycles. The van der Waals surface area contributed by atoms with E-state index in [0.717, 1.165) is 74.6 Å². The molecule has 0 unspecified atom stereocenters. The van der Waals surface area contributed by atoms with Crippen molar-refractivity contribution in [2.45, 2.75) is 19.8 Å². The van der Waals surface area contributed by atoms with Crippen LogP contribution >= 0.6 is 68.0 Å². The fourth-order valence-electron chi connectivity index (χ4n) is 10.7. The molecule has 7 aliphatic heterocycles. The third-order valence-corrected chi connectivity index (χ3v) is 21.7. The zero-order valence-electron chi connectivity index (χ0n) is 41.3. The first-order valence-electron chi connectivity index (χ1n) is 25.3. The second-order valence-electron chi connectivity index (χ2n) is 18.4. The van der Waals surface area contributed by atoms with Crippen LogP contribution in [-0.4, -0.2) is 96.9 Å². The Morgan fingerprint density at radius 3 is 1.21 bits per heavy atom. The zero-order valence-corrected chi connectivity index (χ0v) is 46.2. The molecule has 6 aromatic heterocycles. The van der Waals surface area contributed by atoms with Crippen molar-refractivity contribution in [1.29, 1.82) is 0 Å². The first-order chi connectivity index (χ1) is 38.4. The minimum atomic E-state index is -1.33. The van der Waals surface area contributed by atoms with Crippen LogP contribution in [0.2, 0.25) is 0 Å². The van der Waals surface area contributed by atoms with Crippen molar-refractivity contribution in [2.75, 3.05) is 90.7 Å². The molecule has 0 fully saturated rings. The standard InChI is InChI=1S/C56H42N2O14S6/c1-3-58-30-7-5-4-6-26(30)8-9-27-24-28(10-11-31(27)58)45-35-36(64-15-14-63-35)48(74-45)49-39-40(68-19-18-67-39)52(76-49)53-43-44(72-23-22-71-43)55(78-53)54-42-41(69-20-21-70-42)51(77-54)50-38-37(65-16-17-66-38)47(75-50)46-34-33(61-12-13-62-34)32(73-46)25-29(57-2)56(59)60/h4-7,10-11,24-25H,3,8-9,12-23H2,1H3,(H,59,60)/b29-25-. The van der Waals surface area contributed by atoms with Gasteiger partial charge in [0.15, 0.2) is 69.0 Å². The predicted octanol–water partition coefficient (Wildman–Crippen LogP) is 13.3. The summed E-state index contributed by atoms with van der Waals surface area (Å²) >= 11 is 8.97. The van der Waals surface area contributed by atoms with Gasteiger partial charge in [-0.3, -0.25) is 4.79 Å². The monoisotopic (exact) mass is 1160 g/mol. The minimum Gasteiger partial charge on any atom is -0.486 e. The van der Waals surface area contributed by atoms with Crippen LogP contribution in [0.15, 0.2) is 48.2 Å². The van der Waals surface area contributed by atoms with Crippen LogP contribution in [0.5, 0.6) is 69.0 Å². The number of carboxylic acids is 1. The highest BCUT2D eigenvalue weighted by molar-refractivity contribution is 7.32. The fraction of sp³-hybridized carbons (Fsp3) is 0.286. The number of aryl methyl sites for hydroxylation is 2. The van der Waals surface area contributed by atoms with Crippen LogP contribution in [0.1, 0.15) is 22.9 Å². The van der Waals surface area contributed by atoms with E-state index >= 15 is 0 Å². The summed E-state index contributed by atoms with van der Waals surface area (Å²) in [6.45, 7) is 14.7. The van der Waals surface area contributed by atoms with Crippen LogP contribution in [0, 0.1) is 6.57 Å². The number of thiophene rings is 6. The SMILES string of the molecule is [C-]#[N+]/C(=C\c1sc(-c2sc(-c3sc(-c4sc(-c5sc(-c6sc(-c7ccc8c(c7)CCc7ccccc7N8CC)c7c6OCCO7)c6c5OCCO6)c5c4OCCO5)c4c3OCCO4)c3c2OCCO3)c2c1OCCO2)C(=O)O. The molecule has 16 nitrogen and oxygen atoms in total. The third-order valence-electron chi connectivity index (χ3n) is 14.0. The topological polar surface area (TPSA) is 156 Å². The molecular formula is C56H42N2O14S6. The predicted molar refractivity (Wildman–Crippen MR) is 301 cm³/mol. The number of anilines is 2. The summed E-state index contributed by atoms with van der Waals surface area (Å²) in [4.78, 5) is 27.0. The van der Waals surface area contributed by atoms with Gasteiger partial charge in [0.05, 0.1) is 65.1 Å². The maximum Gasteiger partial charge on any atom is 0.333 e. The van der Waals surface area contributed by atoms with Gasteiger partial charge < -0.3 is 66.8 Å². The number of benzene rings is 2. The van der Waals surface area contributed by atoms with Gasteiger partial charge in [-0.2, -0.15) is 0 Å². The number of carboxylic acid groups (broad SMARTS) is 1. The molecule has 0 saturated carbocycles. The van der Waals surface area contributed by atoms with Crippen molar-refractivity contribution < 1.29 is 66.7 Å². The first-order valence-corrected chi connectivity index (χ1v) is 30.2. The van der Waals surface area contributed by atoms with Crippen LogP contribution < -0.4 is 61.7 Å². The van der Waals surface area contributed by atoms with Crippen LogP contribution in [0.3, 0.4) is 0 Å². The third kappa shape index (κ3) is 7.60. The van der Waals surface area contributed by atoms with E-state index in [9.17, 15) is 9.90 Å². The molecule has 8 aromatic rings. The summed E-state index contributed by atoms with van der Waals surface area (Å²) in [6, 6.07) is 15.5. The highest BCUT2D eigenvalue weighted by Crippen LogP contribution is 2.69. The van der Waals surface area contributed by atoms with Crippen LogP contribution in [-0.2, 0) is 17.6 Å². The number of ether oxygens (including phenoxy) is 12. The van der Waals surface area contributed by atoms with E-state index in [1.165, 1.54) is 73.9 Å². The average molecular weight is 1160 g/mol. The lowest BCUT2D eigenvalue weighted by molar-refractivity contribution is -0.132. The largest absolute Gasteiger partial charge is 0.486 e. The fourth-order valence-corrected chi connectivity index (χ4v) is 18.4. The molecule has 22 heteroatoms. The number of hydrogen-bond donors (Lipinski definition) is 1. The summed E-state index contributed by atoms with van der Waals surface area (Å²) < 4.78 is 77.6. The molecule has 0 saturated heterocycles. The number of hydrogen-bond acceptors (Lipinski definition) is 20. The lowest BCUT2D eigenvalue weighted by atomic mass is 10.0. The van der Waals surface area contributed by atoms with Crippen LogP contribution in [0.4, 0.5) is 11.4 Å². The maximum atomic E-state index is 11.9. The van der Waals surface area contributed by atoms with E-state index < -0.39 is 11.7 Å². The molecule has 0 radical (unpaired) electrons. The van der Waals surface area contributed by atoms with E-state index in [4.69, 9.17) is 63.4 Å². The smallest absolute Gasteiger partial charge is 0.333 e. The second kappa shape index (κ2) is 19.3. The molecule has 0 aliphatic carbocycles. The summed E-state index contributed by atoms with van der Waals surface area (Å²) in [5.41, 5.74) is 5.77. The van der Waals surface area contributed by atoms with Crippen molar-refractivity contribution in [2.24, 2.45) is 0 Å². The van der Waals surface area contributed by atoms with Gasteiger partial charge in [0.25, 0.3) is 5.70 Å². The molecule has 2 aromatic carbocycles. The Kier molecular flexibility index (Phi) is 11.8. The Morgan fingerprint density at radius 1 is 0.474 bits per heavy atom. The Labute approximate surface area is 469 Å². The lowest BCUT2D eigenvalue weighted by Gasteiger charge is -2.25. The Hall–Kier alpha value is -7.26. The van der Waals surface area contributed by atoms with E-state index in [1.54, 1.807) is 22.7 Å². The molecule has 0 atom stereocenters. The minimum absolute atomic E-state index is 0.270. The zero-order chi connectivity index (χ0) is 52.2. The molecule has 396 valence electrons. The Bertz CT molecular complexity index is 3870. The molecule has 0 amide bonds. The van der Waals surface area contributed by atoms with Crippen molar-refractivity contribution in [3.63, 3.8) is 0 Å². The highest BCUT2D eigenvalue weighted by Gasteiger charge is 2.41. The molecular weight excluding hydrogens is 1120 g/mol. The van der Waals surface area contributed by atoms with Crippen molar-refractivity contribution >= 4 is 91.4 Å². The van der Waals surface area contributed by atoms with Crippen molar-refractivity contribution in [3.8, 4) is 128 Å². The summed E-state index contributed by atoms with van der Waals surface area (Å²) in [7, 11) is 0. The van der Waals surface area contributed by atoms with E-state index in [-0.39, 0.29) is 13.2 Å². The Morgan fingerprint density at radius 2 is 0.808 bits per heavy atom. The van der Waals surface area contributed by atoms with Gasteiger partial charge in [-0.25, -0.2) is 4.85 Å². The maximum absolute atomic E-state index is 11.9. The number of nitrogens with zero attached hydrogens (tertiary/aromatic N) is 2. The molecule has 0 spiro atoms. The molecule has 0 bridgehead atoms. The summed E-state index contributed by atoms with van der Waals surface area (Å²) in [5.74, 6) is 5.65. The van der Waals surface area contributed by atoms with Crippen molar-refractivity contribution in [3.05, 3.63) is 75.6 Å². The van der Waals surface area contributed by atoms with Gasteiger partial charge in [0.1, 0.15) is 79.3 Å². The van der Waals surface area contributed by atoms with Gasteiger partial charge >= 0.3 is 5.97 Å². The second-order valence-corrected chi connectivity index (χ2v) is 24.5. The van der Waals surface area contributed by atoms with Crippen LogP contribution in [0.25, 0.3) is 70.1 Å². The Balaban J connectivity index is 0.841. The number of fused-ring (bicyclic) bond motifs is 8. The van der Waals surface area contributed by atoms with Gasteiger partial charge in [-0.15, -0.1) is 68.0 Å². The van der Waals surface area contributed by atoms with E-state index in [2.05, 4.69) is 59.1 Å². The van der Waals surface area contributed by atoms with Gasteiger partial charge in [0, 0.05) is 17.9 Å². The summed E-state index contributed by atoms with van der Waals surface area (Å²) in [5, 5.41) is 9.74. The van der Waals surface area contributed by atoms with Gasteiger partial charge in [0.2, 0.25) is 0 Å². The number of rotatable bonds is 9. The van der Waals surface area contributed by atoms with E-state index in [1.807, 2.05) is 0 Å². The number of carbonyl (C=O) groups is 1. The number of aliphatic carboxylic acids is 1. The van der Waals surface area contributed by atoms with Gasteiger partial charge in [-0.1, -0.05) is 24.3 Å². The number of para-hydroxylation sites is 1.